The van der Waals surface area contributed by atoms with Gasteiger partial charge in [0.25, 0.3) is 0 Å². The van der Waals surface area contributed by atoms with Gasteiger partial charge in [0.15, 0.2) is 0 Å². The highest BCUT2D eigenvalue weighted by Crippen LogP contribution is 2.37. The molecule has 37 heavy (non-hydrogen) atoms. The number of nitrogens with one attached hydrogen (secondary N) is 2. The Morgan fingerprint density at radius 2 is 1.81 bits per heavy atom. The number of hydrogen-bond donors (Lipinski definition) is 2. The topological polar surface area (TPSA) is 102 Å². The van der Waals surface area contributed by atoms with Gasteiger partial charge in [-0.05, 0) is 103 Å². The van der Waals surface area contributed by atoms with Gasteiger partial charge in [-0.3, -0.25) is 4.79 Å². The van der Waals surface area contributed by atoms with Crippen LogP contribution in [0, 0.1) is 0 Å². The third-order valence-corrected chi connectivity index (χ3v) is 6.83. The highest BCUT2D eigenvalue weighted by molar-refractivity contribution is 5.84. The predicted octanol–water partition coefficient (Wildman–Crippen LogP) is 5.43. The average Bonchev–Trinajstić information content (AvgIpc) is 2.82. The fourth-order valence-corrected chi connectivity index (χ4v) is 4.96. The third-order valence-electron chi connectivity index (χ3n) is 6.83. The lowest BCUT2D eigenvalue weighted by atomic mass is 9.88. The molecule has 0 radical (unpaired) electrons. The minimum absolute atomic E-state index is 0.143. The minimum Gasteiger partial charge on any atom is -0.487 e. The Kier molecular flexibility index (Phi) is 8.14. The van der Waals surface area contributed by atoms with Crippen LogP contribution < -0.4 is 21.0 Å². The summed E-state index contributed by atoms with van der Waals surface area (Å²) in [5.74, 6) is 0.731. The summed E-state index contributed by atoms with van der Waals surface area (Å²) in [6.07, 6.45) is 8.35. The molecule has 202 valence electrons. The Morgan fingerprint density at radius 1 is 1.05 bits per heavy atom. The smallest absolute Gasteiger partial charge is 0.407 e. The van der Waals surface area contributed by atoms with Crippen LogP contribution >= 0.6 is 0 Å². The maximum Gasteiger partial charge on any atom is 0.407 e. The number of aryl methyl sites for hydroxylation is 2. The van der Waals surface area contributed by atoms with E-state index in [1.165, 1.54) is 11.1 Å². The Bertz CT molecular complexity index is 1220. The summed E-state index contributed by atoms with van der Waals surface area (Å²) in [7, 11) is 0. The monoisotopic (exact) mass is 511 g/mol. The molecular weight excluding hydrogens is 470 g/mol. The summed E-state index contributed by atoms with van der Waals surface area (Å²) < 4.78 is 17.7. The van der Waals surface area contributed by atoms with Crippen LogP contribution in [-0.2, 0) is 28.8 Å². The molecule has 0 spiro atoms. The lowest BCUT2D eigenvalue weighted by Gasteiger charge is -2.33. The van der Waals surface area contributed by atoms with Gasteiger partial charge in [0, 0.05) is 30.0 Å². The van der Waals surface area contributed by atoms with Crippen molar-refractivity contribution >= 4 is 23.0 Å². The van der Waals surface area contributed by atoms with Crippen molar-refractivity contribution in [2.45, 2.75) is 110 Å². The van der Waals surface area contributed by atoms with E-state index < -0.39 is 11.7 Å². The van der Waals surface area contributed by atoms with E-state index in [1.807, 2.05) is 26.8 Å². The molecule has 0 unspecified atom stereocenters. The summed E-state index contributed by atoms with van der Waals surface area (Å²) in [5, 5.41) is 8.28. The molecule has 0 saturated heterocycles. The number of alkyl carbamates (subject to hydrolysis) is 1. The van der Waals surface area contributed by atoms with Gasteiger partial charge in [-0.25, -0.2) is 10.2 Å². The van der Waals surface area contributed by atoms with Crippen LogP contribution in [0.5, 0.6) is 5.75 Å². The molecule has 2 aromatic rings. The first-order chi connectivity index (χ1) is 17.5. The van der Waals surface area contributed by atoms with Gasteiger partial charge >= 0.3 is 6.09 Å². The Hall–Kier alpha value is -3.03. The zero-order valence-corrected chi connectivity index (χ0v) is 22.9. The van der Waals surface area contributed by atoms with Crippen LogP contribution in [0.3, 0.4) is 0 Å². The maximum absolute atomic E-state index is 12.5. The molecule has 1 aromatic heterocycles. The summed E-state index contributed by atoms with van der Waals surface area (Å²) >= 11 is 0. The molecule has 2 N–H and O–H groups in total. The van der Waals surface area contributed by atoms with Gasteiger partial charge in [-0.2, -0.15) is 0 Å². The van der Waals surface area contributed by atoms with Crippen LogP contribution in [0.1, 0.15) is 96.3 Å². The highest BCUT2D eigenvalue weighted by atomic mass is 16.6. The molecular formula is C29H41N3O5. The van der Waals surface area contributed by atoms with Crippen molar-refractivity contribution < 1.29 is 23.5 Å². The molecule has 0 fully saturated rings. The standard InChI is InChI=1S/C29H41N3O5/c1-28(2,3)37-27(34)30-16-10-6-7-13-25(33)31-32-26-21-12-9-8-11-20(21)22-17-19-14-15-29(4,5)36-23(19)18-24(22)35-26/h17-18H,6-16H2,1-5H3,(H,30,34)(H,31,33)/b32-26-. The summed E-state index contributed by atoms with van der Waals surface area (Å²) in [5.41, 5.74) is 6.86. The first-order valence-electron chi connectivity index (χ1n) is 13.6. The van der Waals surface area contributed by atoms with Crippen LogP contribution in [0.15, 0.2) is 21.7 Å². The highest BCUT2D eigenvalue weighted by Gasteiger charge is 2.28. The molecule has 1 aliphatic heterocycles. The van der Waals surface area contributed by atoms with E-state index in [1.54, 1.807) is 0 Å². The van der Waals surface area contributed by atoms with Crippen molar-refractivity contribution in [1.82, 2.24) is 10.7 Å². The number of benzene rings is 1. The van der Waals surface area contributed by atoms with E-state index in [0.717, 1.165) is 73.6 Å². The number of nitrogens with zero attached hydrogens (tertiary/aromatic N) is 1. The molecule has 8 nitrogen and oxygen atoms in total. The van der Waals surface area contributed by atoms with Gasteiger partial charge in [0.2, 0.25) is 11.5 Å². The van der Waals surface area contributed by atoms with Crippen LogP contribution in [-0.4, -0.2) is 29.7 Å². The SMILES string of the molecule is CC(C)(C)OC(=O)NCCCCCC(=O)N/N=c1\oc2cc3c(cc2c2c1CCCC2)CCC(C)(C)O3. The number of hydrogen-bond acceptors (Lipinski definition) is 6. The van der Waals surface area contributed by atoms with Crippen molar-refractivity contribution in [3.05, 3.63) is 34.4 Å². The van der Waals surface area contributed by atoms with Gasteiger partial charge in [0.1, 0.15) is 22.5 Å². The molecule has 4 rings (SSSR count). The molecule has 2 heterocycles. The van der Waals surface area contributed by atoms with Gasteiger partial charge in [-0.15, -0.1) is 5.10 Å². The Balaban J connectivity index is 1.38. The summed E-state index contributed by atoms with van der Waals surface area (Å²) in [6, 6.07) is 4.22. The van der Waals surface area contributed by atoms with E-state index in [9.17, 15) is 9.59 Å². The number of unbranched alkanes of at least 4 members (excludes halogenated alkanes) is 2. The van der Waals surface area contributed by atoms with Gasteiger partial charge < -0.3 is 19.2 Å². The Labute approximate surface area is 219 Å². The maximum atomic E-state index is 12.5. The second-order valence-corrected chi connectivity index (χ2v) is 11.8. The van der Waals surface area contributed by atoms with Crippen molar-refractivity contribution in [2.24, 2.45) is 5.10 Å². The normalized spacial score (nSPS) is 16.9. The average molecular weight is 512 g/mol. The van der Waals surface area contributed by atoms with Crippen molar-refractivity contribution in [2.75, 3.05) is 6.54 Å². The number of rotatable bonds is 7. The first-order valence-corrected chi connectivity index (χ1v) is 13.6. The lowest BCUT2D eigenvalue weighted by Crippen LogP contribution is -2.33. The molecule has 0 atom stereocenters. The third kappa shape index (κ3) is 7.27. The molecule has 2 aliphatic rings. The molecule has 1 aliphatic carbocycles. The van der Waals surface area contributed by atoms with E-state index in [4.69, 9.17) is 13.9 Å². The van der Waals surface area contributed by atoms with E-state index in [2.05, 4.69) is 35.8 Å². The number of carbonyl (C=O) groups excluding carboxylic acids is 2. The summed E-state index contributed by atoms with van der Waals surface area (Å²) in [4.78, 5) is 24.1. The van der Waals surface area contributed by atoms with Gasteiger partial charge in [0.05, 0.1) is 0 Å². The zero-order chi connectivity index (χ0) is 26.6. The van der Waals surface area contributed by atoms with Crippen LogP contribution in [0.4, 0.5) is 4.79 Å². The van der Waals surface area contributed by atoms with E-state index in [-0.39, 0.29) is 11.5 Å². The quantitative estimate of drug-likeness (QED) is 0.381. The molecule has 0 saturated carbocycles. The summed E-state index contributed by atoms with van der Waals surface area (Å²) in [6.45, 7) is 10.2. The minimum atomic E-state index is -0.508. The fraction of sp³-hybridized carbons (Fsp3) is 0.621. The van der Waals surface area contributed by atoms with Crippen molar-refractivity contribution in [3.8, 4) is 5.75 Å². The molecule has 2 amide bonds. The largest absolute Gasteiger partial charge is 0.487 e. The van der Waals surface area contributed by atoms with E-state index >= 15 is 0 Å². The molecule has 8 heteroatoms. The lowest BCUT2D eigenvalue weighted by molar-refractivity contribution is -0.121. The van der Waals surface area contributed by atoms with Crippen molar-refractivity contribution in [3.63, 3.8) is 0 Å². The molecule has 0 bridgehead atoms. The number of ether oxygens (including phenoxy) is 2. The number of fused-ring (bicyclic) bond motifs is 4. The second-order valence-electron chi connectivity index (χ2n) is 11.8. The first kappa shape index (κ1) is 27.0. The molecule has 1 aromatic carbocycles. The van der Waals surface area contributed by atoms with Crippen molar-refractivity contribution in [1.29, 1.82) is 0 Å². The predicted molar refractivity (Wildman–Crippen MR) is 142 cm³/mol. The number of amides is 2. The van der Waals surface area contributed by atoms with Crippen LogP contribution in [0.2, 0.25) is 0 Å². The van der Waals surface area contributed by atoms with Gasteiger partial charge in [-0.1, -0.05) is 6.42 Å². The zero-order valence-electron chi connectivity index (χ0n) is 22.9. The van der Waals surface area contributed by atoms with Crippen LogP contribution in [0.25, 0.3) is 11.0 Å². The fourth-order valence-electron chi connectivity index (χ4n) is 4.96. The Morgan fingerprint density at radius 3 is 2.57 bits per heavy atom. The number of carbonyl (C=O) groups is 2. The second kappa shape index (κ2) is 11.2. The van der Waals surface area contributed by atoms with E-state index in [0.29, 0.717) is 24.9 Å².